The number of nitrogens with zero attached hydrogens (tertiary/aromatic N) is 3. The quantitative estimate of drug-likeness (QED) is 0.624. The molecule has 1 aromatic carbocycles. The van der Waals surface area contributed by atoms with Crippen LogP contribution in [-0.2, 0) is 13.6 Å². The monoisotopic (exact) mass is 248 g/mol. The highest BCUT2D eigenvalue weighted by atomic mass is 32.2. The summed E-state index contributed by atoms with van der Waals surface area (Å²) in [6, 6.07) is 10.4. The topological polar surface area (TPSA) is 42.7 Å². The lowest BCUT2D eigenvalue weighted by molar-refractivity contribution is 0.663. The van der Waals surface area contributed by atoms with Crippen molar-refractivity contribution in [2.45, 2.75) is 11.4 Å². The maximum absolute atomic E-state index is 4.02. The first-order valence-corrected chi connectivity index (χ1v) is 6.56. The second-order valence-corrected chi connectivity index (χ2v) is 4.86. The maximum Gasteiger partial charge on any atom is 0.146 e. The lowest BCUT2D eigenvalue weighted by Crippen LogP contribution is -2.18. The van der Waals surface area contributed by atoms with Gasteiger partial charge >= 0.3 is 0 Å². The van der Waals surface area contributed by atoms with Gasteiger partial charge in [-0.3, -0.25) is 0 Å². The fraction of sp³-hybridized carbons (Fsp3) is 0.333. The van der Waals surface area contributed by atoms with Crippen molar-refractivity contribution in [1.29, 1.82) is 0 Å². The molecule has 0 atom stereocenters. The second-order valence-electron chi connectivity index (χ2n) is 3.70. The van der Waals surface area contributed by atoms with Gasteiger partial charge in [-0.2, -0.15) is 0 Å². The molecule has 0 saturated heterocycles. The van der Waals surface area contributed by atoms with Crippen molar-refractivity contribution >= 4 is 11.8 Å². The van der Waals surface area contributed by atoms with Crippen molar-refractivity contribution in [1.82, 2.24) is 20.1 Å². The first kappa shape index (κ1) is 12.1. The Labute approximate surface area is 105 Å². The molecule has 2 aromatic rings. The summed E-state index contributed by atoms with van der Waals surface area (Å²) in [5.41, 5.74) is 0. The standard InChI is InChI=1S/C12H16N4S/c1-16-10-14-15-12(16)9-13-7-8-17-11-5-3-2-4-6-11/h2-6,10,13H,7-9H2,1H3. The van der Waals surface area contributed by atoms with Crippen LogP contribution in [0.4, 0.5) is 0 Å². The SMILES string of the molecule is Cn1cnnc1CNCCSc1ccccc1. The van der Waals surface area contributed by atoms with Crippen LogP contribution >= 0.6 is 11.8 Å². The van der Waals surface area contributed by atoms with E-state index in [1.54, 1.807) is 6.33 Å². The Morgan fingerprint density at radius 1 is 1.29 bits per heavy atom. The van der Waals surface area contributed by atoms with Gasteiger partial charge in [-0.05, 0) is 12.1 Å². The molecule has 0 bridgehead atoms. The number of thioether (sulfide) groups is 1. The number of hydrogen-bond acceptors (Lipinski definition) is 4. The van der Waals surface area contributed by atoms with E-state index in [0.717, 1.165) is 24.7 Å². The molecule has 17 heavy (non-hydrogen) atoms. The number of aryl methyl sites for hydroxylation is 1. The van der Waals surface area contributed by atoms with Gasteiger partial charge in [0.25, 0.3) is 0 Å². The van der Waals surface area contributed by atoms with Gasteiger partial charge in [-0.15, -0.1) is 22.0 Å². The summed E-state index contributed by atoms with van der Waals surface area (Å²) in [5.74, 6) is 2.02. The molecule has 0 amide bonds. The number of aromatic nitrogens is 3. The fourth-order valence-corrected chi connectivity index (χ4v) is 2.26. The van der Waals surface area contributed by atoms with Crippen LogP contribution in [0.2, 0.25) is 0 Å². The molecular formula is C12H16N4S. The van der Waals surface area contributed by atoms with Gasteiger partial charge in [0, 0.05) is 24.2 Å². The van der Waals surface area contributed by atoms with Crippen LogP contribution < -0.4 is 5.32 Å². The highest BCUT2D eigenvalue weighted by Gasteiger charge is 1.99. The molecule has 0 aliphatic heterocycles. The Bertz CT molecular complexity index is 441. The molecule has 0 radical (unpaired) electrons. The lowest BCUT2D eigenvalue weighted by Gasteiger charge is -2.04. The highest BCUT2D eigenvalue weighted by molar-refractivity contribution is 7.99. The molecule has 0 saturated carbocycles. The number of hydrogen-bond donors (Lipinski definition) is 1. The molecule has 4 nitrogen and oxygen atoms in total. The van der Waals surface area contributed by atoms with Gasteiger partial charge in [0.15, 0.2) is 0 Å². The normalized spacial score (nSPS) is 10.6. The summed E-state index contributed by atoms with van der Waals surface area (Å²) in [7, 11) is 1.95. The summed E-state index contributed by atoms with van der Waals surface area (Å²) in [4.78, 5) is 1.31. The van der Waals surface area contributed by atoms with E-state index >= 15 is 0 Å². The average Bonchev–Trinajstić information content (AvgIpc) is 2.76. The third-order valence-corrected chi connectivity index (χ3v) is 3.39. The third kappa shape index (κ3) is 3.87. The van der Waals surface area contributed by atoms with Crippen LogP contribution in [0.3, 0.4) is 0 Å². The zero-order valence-electron chi connectivity index (χ0n) is 9.84. The largest absolute Gasteiger partial charge is 0.320 e. The third-order valence-electron chi connectivity index (χ3n) is 2.38. The Morgan fingerprint density at radius 3 is 2.82 bits per heavy atom. The molecule has 0 spiro atoms. The summed E-state index contributed by atoms with van der Waals surface area (Å²) in [6.07, 6.45) is 1.72. The minimum Gasteiger partial charge on any atom is -0.320 e. The molecule has 0 aliphatic carbocycles. The molecule has 0 aliphatic rings. The smallest absolute Gasteiger partial charge is 0.146 e. The summed E-state index contributed by atoms with van der Waals surface area (Å²) < 4.78 is 1.93. The Balaban J connectivity index is 1.63. The molecule has 1 N–H and O–H groups in total. The van der Waals surface area contributed by atoms with Crippen LogP contribution in [0.1, 0.15) is 5.82 Å². The van der Waals surface area contributed by atoms with Crippen molar-refractivity contribution < 1.29 is 0 Å². The van der Waals surface area contributed by atoms with E-state index < -0.39 is 0 Å². The molecule has 90 valence electrons. The van der Waals surface area contributed by atoms with E-state index in [9.17, 15) is 0 Å². The highest BCUT2D eigenvalue weighted by Crippen LogP contribution is 2.15. The average molecular weight is 248 g/mol. The van der Waals surface area contributed by atoms with Crippen LogP contribution in [0.5, 0.6) is 0 Å². The van der Waals surface area contributed by atoms with Crippen molar-refractivity contribution in [3.8, 4) is 0 Å². The second kappa shape index (κ2) is 6.42. The van der Waals surface area contributed by atoms with Gasteiger partial charge in [0.1, 0.15) is 12.2 Å². The maximum atomic E-state index is 4.02. The van der Waals surface area contributed by atoms with Crippen LogP contribution in [0, 0.1) is 0 Å². The Morgan fingerprint density at radius 2 is 2.12 bits per heavy atom. The van der Waals surface area contributed by atoms with Crippen molar-refractivity contribution in [2.75, 3.05) is 12.3 Å². The summed E-state index contributed by atoms with van der Waals surface area (Å²) >= 11 is 1.86. The van der Waals surface area contributed by atoms with Crippen LogP contribution in [-0.4, -0.2) is 27.1 Å². The Hall–Kier alpha value is -1.33. The van der Waals surface area contributed by atoms with Crippen molar-refractivity contribution in [2.24, 2.45) is 7.05 Å². The molecule has 2 rings (SSSR count). The van der Waals surface area contributed by atoms with Gasteiger partial charge in [0.05, 0.1) is 6.54 Å². The number of rotatable bonds is 6. The molecule has 5 heteroatoms. The number of nitrogens with one attached hydrogen (secondary N) is 1. The molecule has 0 fully saturated rings. The Kier molecular flexibility index (Phi) is 4.58. The van der Waals surface area contributed by atoms with E-state index in [2.05, 4.69) is 39.8 Å². The summed E-state index contributed by atoms with van der Waals surface area (Å²) in [6.45, 7) is 1.73. The minimum atomic E-state index is 0.770. The van der Waals surface area contributed by atoms with E-state index in [-0.39, 0.29) is 0 Å². The summed E-state index contributed by atoms with van der Waals surface area (Å²) in [5, 5.41) is 11.2. The van der Waals surface area contributed by atoms with Crippen molar-refractivity contribution in [3.05, 3.63) is 42.5 Å². The fourth-order valence-electron chi connectivity index (χ4n) is 1.43. The molecule has 1 aromatic heterocycles. The van der Waals surface area contributed by atoms with Crippen LogP contribution in [0.15, 0.2) is 41.6 Å². The predicted octanol–water partition coefficient (Wildman–Crippen LogP) is 1.70. The molecule has 1 heterocycles. The zero-order valence-corrected chi connectivity index (χ0v) is 10.7. The lowest BCUT2D eigenvalue weighted by atomic mass is 10.4. The zero-order chi connectivity index (χ0) is 11.9. The first-order valence-electron chi connectivity index (χ1n) is 5.57. The van der Waals surface area contributed by atoms with Crippen LogP contribution in [0.25, 0.3) is 0 Å². The first-order chi connectivity index (χ1) is 8.36. The van der Waals surface area contributed by atoms with Gasteiger partial charge in [-0.25, -0.2) is 0 Å². The van der Waals surface area contributed by atoms with E-state index in [4.69, 9.17) is 0 Å². The molecule has 0 unspecified atom stereocenters. The van der Waals surface area contributed by atoms with E-state index in [1.165, 1.54) is 4.90 Å². The van der Waals surface area contributed by atoms with Gasteiger partial charge < -0.3 is 9.88 Å². The van der Waals surface area contributed by atoms with E-state index in [0.29, 0.717) is 0 Å². The molecular weight excluding hydrogens is 232 g/mol. The number of benzene rings is 1. The van der Waals surface area contributed by atoms with Gasteiger partial charge in [-0.1, -0.05) is 18.2 Å². The minimum absolute atomic E-state index is 0.770. The van der Waals surface area contributed by atoms with E-state index in [1.807, 2.05) is 29.4 Å². The van der Waals surface area contributed by atoms with Gasteiger partial charge in [0.2, 0.25) is 0 Å². The van der Waals surface area contributed by atoms with Crippen molar-refractivity contribution in [3.63, 3.8) is 0 Å². The predicted molar refractivity (Wildman–Crippen MR) is 69.9 cm³/mol.